The first kappa shape index (κ1) is 12.5. The molecule has 1 spiro atoms. The zero-order valence-electron chi connectivity index (χ0n) is 10.2. The van der Waals surface area contributed by atoms with Crippen LogP contribution >= 0.6 is 0 Å². The highest BCUT2D eigenvalue weighted by Gasteiger charge is 2.43. The lowest BCUT2D eigenvalue weighted by Gasteiger charge is -2.42. The summed E-state index contributed by atoms with van der Waals surface area (Å²) in [5.74, 6) is 0.339. The molecule has 0 radical (unpaired) electrons. The summed E-state index contributed by atoms with van der Waals surface area (Å²) in [6.07, 6.45) is 3.93. The van der Waals surface area contributed by atoms with Crippen molar-refractivity contribution in [3.8, 4) is 0 Å². The van der Waals surface area contributed by atoms with E-state index in [9.17, 15) is 9.59 Å². The molecule has 0 atom stereocenters. The SMILES string of the molecule is C=CC1=C(N=C)C(=O)CC2(CCN(C=O)CC2)O1. The number of ketones is 1. The maximum Gasteiger partial charge on any atom is 0.209 e. The Balaban J connectivity index is 2.22. The lowest BCUT2D eigenvalue weighted by molar-refractivity contribution is -0.132. The Hall–Kier alpha value is -1.91. The summed E-state index contributed by atoms with van der Waals surface area (Å²) in [5, 5.41) is 0. The van der Waals surface area contributed by atoms with E-state index in [1.165, 1.54) is 6.08 Å². The first-order valence-corrected chi connectivity index (χ1v) is 5.89. The van der Waals surface area contributed by atoms with E-state index in [2.05, 4.69) is 18.3 Å². The Morgan fingerprint density at radius 2 is 2.06 bits per heavy atom. The van der Waals surface area contributed by atoms with Gasteiger partial charge < -0.3 is 9.64 Å². The lowest BCUT2D eigenvalue weighted by atomic mass is 9.84. The van der Waals surface area contributed by atoms with E-state index in [-0.39, 0.29) is 11.5 Å². The molecule has 0 N–H and O–H groups in total. The minimum absolute atomic E-state index is 0.0642. The quantitative estimate of drug-likeness (QED) is 0.554. The van der Waals surface area contributed by atoms with Crippen LogP contribution in [0.5, 0.6) is 0 Å². The number of likely N-dealkylation sites (tertiary alicyclic amines) is 1. The summed E-state index contributed by atoms with van der Waals surface area (Å²) < 4.78 is 5.90. The van der Waals surface area contributed by atoms with Gasteiger partial charge in [0.15, 0.2) is 5.78 Å². The van der Waals surface area contributed by atoms with Gasteiger partial charge in [-0.2, -0.15) is 0 Å². The smallest absolute Gasteiger partial charge is 0.209 e. The van der Waals surface area contributed by atoms with Crippen LogP contribution in [-0.4, -0.2) is 42.5 Å². The minimum Gasteiger partial charge on any atom is -0.484 e. The van der Waals surface area contributed by atoms with E-state index in [0.29, 0.717) is 38.1 Å². The number of hydrogen-bond donors (Lipinski definition) is 0. The van der Waals surface area contributed by atoms with Crippen molar-refractivity contribution in [2.45, 2.75) is 24.9 Å². The first-order chi connectivity index (χ1) is 8.64. The van der Waals surface area contributed by atoms with Crippen molar-refractivity contribution in [1.29, 1.82) is 0 Å². The van der Waals surface area contributed by atoms with Gasteiger partial charge in [-0.3, -0.25) is 14.6 Å². The normalized spacial score (nSPS) is 22.7. The van der Waals surface area contributed by atoms with Crippen LogP contribution in [0.1, 0.15) is 19.3 Å². The van der Waals surface area contributed by atoms with E-state index < -0.39 is 5.60 Å². The number of amides is 1. The van der Waals surface area contributed by atoms with E-state index in [1.807, 2.05) is 0 Å². The Labute approximate surface area is 106 Å². The molecule has 5 nitrogen and oxygen atoms in total. The first-order valence-electron chi connectivity index (χ1n) is 5.89. The minimum atomic E-state index is -0.506. The molecule has 2 aliphatic heterocycles. The topological polar surface area (TPSA) is 59.0 Å². The van der Waals surface area contributed by atoms with Crippen molar-refractivity contribution in [2.75, 3.05) is 13.1 Å². The molecule has 0 aliphatic carbocycles. The highest BCUT2D eigenvalue weighted by molar-refractivity contribution is 5.98. The number of carbonyl (C=O) groups excluding carboxylic acids is 2. The second kappa shape index (κ2) is 4.76. The van der Waals surface area contributed by atoms with Gasteiger partial charge in [0.25, 0.3) is 0 Å². The number of aliphatic imine (C=N–C) groups is 1. The van der Waals surface area contributed by atoms with Crippen molar-refractivity contribution in [3.63, 3.8) is 0 Å². The molecule has 0 bridgehead atoms. The molecule has 0 aromatic rings. The van der Waals surface area contributed by atoms with Crippen molar-refractivity contribution >= 4 is 18.9 Å². The largest absolute Gasteiger partial charge is 0.484 e. The van der Waals surface area contributed by atoms with E-state index >= 15 is 0 Å². The number of ether oxygens (including phenoxy) is 1. The molecule has 0 aromatic carbocycles. The van der Waals surface area contributed by atoms with Gasteiger partial charge in [-0.1, -0.05) is 6.58 Å². The summed E-state index contributed by atoms with van der Waals surface area (Å²) in [6, 6.07) is 0. The molecular weight excluding hydrogens is 232 g/mol. The zero-order valence-corrected chi connectivity index (χ0v) is 10.2. The fourth-order valence-electron chi connectivity index (χ4n) is 2.45. The Morgan fingerprint density at radius 1 is 1.39 bits per heavy atom. The zero-order chi connectivity index (χ0) is 13.2. The number of piperidine rings is 1. The van der Waals surface area contributed by atoms with E-state index in [1.54, 1.807) is 4.90 Å². The van der Waals surface area contributed by atoms with Gasteiger partial charge in [0.1, 0.15) is 17.1 Å². The molecule has 1 amide bonds. The van der Waals surface area contributed by atoms with Crippen LogP contribution in [0, 0.1) is 0 Å². The molecule has 96 valence electrons. The fourth-order valence-corrected chi connectivity index (χ4v) is 2.45. The third-order valence-electron chi connectivity index (χ3n) is 3.51. The number of carbonyl (C=O) groups is 2. The van der Waals surface area contributed by atoms with Crippen LogP contribution in [0.25, 0.3) is 0 Å². The molecule has 1 fully saturated rings. The molecule has 0 aromatic heterocycles. The molecule has 2 rings (SSSR count). The molecule has 2 heterocycles. The van der Waals surface area contributed by atoms with Crippen molar-refractivity contribution in [3.05, 3.63) is 24.1 Å². The Kier molecular flexibility index (Phi) is 3.32. The average molecular weight is 248 g/mol. The summed E-state index contributed by atoms with van der Waals surface area (Å²) in [6.45, 7) is 8.24. The molecule has 1 saturated heterocycles. The third kappa shape index (κ3) is 2.08. The van der Waals surface area contributed by atoms with E-state index in [0.717, 1.165) is 6.41 Å². The van der Waals surface area contributed by atoms with Crippen LogP contribution in [0.2, 0.25) is 0 Å². The van der Waals surface area contributed by atoms with Crippen molar-refractivity contribution in [1.82, 2.24) is 4.90 Å². The lowest BCUT2D eigenvalue weighted by Crippen LogP contribution is -2.48. The molecule has 0 saturated carbocycles. The number of hydrogen-bond acceptors (Lipinski definition) is 4. The van der Waals surface area contributed by atoms with Gasteiger partial charge in [-0.05, 0) is 12.8 Å². The van der Waals surface area contributed by atoms with Crippen molar-refractivity contribution < 1.29 is 14.3 Å². The molecule has 2 aliphatic rings. The van der Waals surface area contributed by atoms with Gasteiger partial charge in [-0.25, -0.2) is 0 Å². The second-order valence-corrected chi connectivity index (χ2v) is 4.60. The second-order valence-electron chi connectivity index (χ2n) is 4.60. The number of rotatable bonds is 3. The highest BCUT2D eigenvalue weighted by atomic mass is 16.5. The van der Waals surface area contributed by atoms with Gasteiger partial charge in [0, 0.05) is 25.9 Å². The predicted octanol–water partition coefficient (Wildman–Crippen LogP) is 1.06. The van der Waals surface area contributed by atoms with Gasteiger partial charge in [0.05, 0.1) is 6.42 Å². The Morgan fingerprint density at radius 3 is 2.56 bits per heavy atom. The maximum absolute atomic E-state index is 12.0. The van der Waals surface area contributed by atoms with Gasteiger partial charge in [-0.15, -0.1) is 0 Å². The van der Waals surface area contributed by atoms with Crippen LogP contribution in [0.15, 0.2) is 29.1 Å². The molecule has 0 unspecified atom stereocenters. The van der Waals surface area contributed by atoms with Crippen LogP contribution < -0.4 is 0 Å². The number of nitrogens with zero attached hydrogens (tertiary/aromatic N) is 2. The monoisotopic (exact) mass is 248 g/mol. The number of allylic oxidation sites excluding steroid dienone is 2. The average Bonchev–Trinajstić information content (AvgIpc) is 2.39. The van der Waals surface area contributed by atoms with Crippen molar-refractivity contribution in [2.24, 2.45) is 4.99 Å². The Bertz CT molecular complexity index is 432. The van der Waals surface area contributed by atoms with Gasteiger partial charge in [0.2, 0.25) is 6.41 Å². The molecular formula is C13H16N2O3. The summed E-state index contributed by atoms with van der Waals surface area (Å²) in [7, 11) is 0. The van der Waals surface area contributed by atoms with E-state index in [4.69, 9.17) is 4.74 Å². The van der Waals surface area contributed by atoms with Gasteiger partial charge >= 0.3 is 0 Å². The standard InChI is InChI=1S/C13H16N2O3/c1-3-11-12(14-2)10(17)8-13(18-11)4-6-15(9-16)7-5-13/h3,9H,1-2,4-8H2. The highest BCUT2D eigenvalue weighted by Crippen LogP contribution is 2.37. The summed E-state index contributed by atoms with van der Waals surface area (Å²) in [4.78, 5) is 28.1. The number of Topliss-reactive ketones (excluding diaryl/α,β-unsaturated/α-hetero) is 1. The predicted molar refractivity (Wildman–Crippen MR) is 67.1 cm³/mol. The molecule has 5 heteroatoms. The maximum atomic E-state index is 12.0. The van der Waals surface area contributed by atoms with Crippen LogP contribution in [0.4, 0.5) is 0 Å². The van der Waals surface area contributed by atoms with Crippen LogP contribution in [0.3, 0.4) is 0 Å². The summed E-state index contributed by atoms with van der Waals surface area (Å²) in [5.41, 5.74) is -0.248. The summed E-state index contributed by atoms with van der Waals surface area (Å²) >= 11 is 0. The van der Waals surface area contributed by atoms with Crippen LogP contribution in [-0.2, 0) is 14.3 Å². The molecule has 18 heavy (non-hydrogen) atoms. The fraction of sp³-hybridized carbons (Fsp3) is 0.462. The third-order valence-corrected chi connectivity index (χ3v) is 3.51.